The van der Waals surface area contributed by atoms with Crippen LogP contribution in [-0.2, 0) is 7.05 Å². The lowest BCUT2D eigenvalue weighted by atomic mass is 10.0. The molecule has 0 aliphatic carbocycles. The molecule has 0 saturated carbocycles. The minimum atomic E-state index is -0.307. The molecule has 0 radical (unpaired) electrons. The number of hydrogen-bond acceptors (Lipinski definition) is 7. The van der Waals surface area contributed by atoms with Crippen molar-refractivity contribution in [2.24, 2.45) is 7.05 Å². The molecule has 1 aliphatic heterocycles. The van der Waals surface area contributed by atoms with Gasteiger partial charge in [-0.15, -0.1) is 11.3 Å². The van der Waals surface area contributed by atoms with Crippen LogP contribution in [0.5, 0.6) is 0 Å². The zero-order valence-electron chi connectivity index (χ0n) is 20.9. The molecule has 11 heteroatoms. The number of nitrogens with zero attached hydrogens (tertiary/aromatic N) is 6. The Bertz CT molecular complexity index is 1430. The second kappa shape index (κ2) is 9.47. The third-order valence-corrected chi connectivity index (χ3v) is 7.88. The van der Waals surface area contributed by atoms with Gasteiger partial charge in [-0.3, -0.25) is 24.2 Å². The van der Waals surface area contributed by atoms with Crippen LogP contribution in [0.4, 0.5) is 5.69 Å². The lowest BCUT2D eigenvalue weighted by molar-refractivity contribution is 0.0938. The smallest absolute Gasteiger partial charge is 0.260 e. The van der Waals surface area contributed by atoms with E-state index >= 15 is 0 Å². The molecular weight excluding hydrogens is 476 g/mol. The number of likely N-dealkylation sites (tertiary alicyclic amines) is 1. The van der Waals surface area contributed by atoms with Crippen LogP contribution >= 0.6 is 11.3 Å². The van der Waals surface area contributed by atoms with Gasteiger partial charge in [0.15, 0.2) is 0 Å². The summed E-state index contributed by atoms with van der Waals surface area (Å²) in [4.78, 5) is 34.3. The van der Waals surface area contributed by atoms with E-state index in [1.54, 1.807) is 28.4 Å². The molecule has 0 bridgehead atoms. The molecule has 0 aromatic carbocycles. The summed E-state index contributed by atoms with van der Waals surface area (Å²) in [6.07, 6.45) is 9.17. The van der Waals surface area contributed by atoms with Crippen molar-refractivity contribution in [1.29, 1.82) is 0 Å². The largest absolute Gasteiger partial charge is 0.351 e. The van der Waals surface area contributed by atoms with Crippen LogP contribution < -0.4 is 10.6 Å². The fourth-order valence-electron chi connectivity index (χ4n) is 4.56. The molecule has 5 rings (SSSR count). The standard InChI is InChI=1S/C25H30N8O2S/c1-16-20(12-17(13-27-16)22(34)26-8-11-32-9-5-7-25(32,2)3)29-23(35)18-14-28-33-15-21(36-24(18)33)19-6-10-31(4)30-19/h6,10,12-15H,5,7-9,11H2,1-4H3,(H,26,34)(H,29,35). The van der Waals surface area contributed by atoms with Gasteiger partial charge in [-0.05, 0) is 52.3 Å². The topological polar surface area (TPSA) is 109 Å². The maximum absolute atomic E-state index is 13.1. The van der Waals surface area contributed by atoms with Crippen molar-refractivity contribution in [3.8, 4) is 10.6 Å². The average molecular weight is 507 g/mol. The fraction of sp³-hybridized carbons (Fsp3) is 0.400. The van der Waals surface area contributed by atoms with Crippen LogP contribution in [0.15, 0.2) is 36.9 Å². The highest BCUT2D eigenvalue weighted by Gasteiger charge is 2.31. The molecule has 2 N–H and O–H groups in total. The van der Waals surface area contributed by atoms with Gasteiger partial charge in [0.1, 0.15) is 10.5 Å². The maximum atomic E-state index is 13.1. The number of anilines is 1. The van der Waals surface area contributed by atoms with Gasteiger partial charge in [0.25, 0.3) is 11.8 Å². The summed E-state index contributed by atoms with van der Waals surface area (Å²) >= 11 is 1.45. The van der Waals surface area contributed by atoms with E-state index in [4.69, 9.17) is 0 Å². The Balaban J connectivity index is 1.27. The minimum Gasteiger partial charge on any atom is -0.351 e. The fourth-order valence-corrected chi connectivity index (χ4v) is 5.59. The van der Waals surface area contributed by atoms with Crippen molar-refractivity contribution in [3.05, 3.63) is 53.7 Å². The number of thiazole rings is 1. The molecule has 1 aliphatic rings. The van der Waals surface area contributed by atoms with E-state index in [2.05, 4.69) is 44.6 Å². The van der Waals surface area contributed by atoms with Gasteiger partial charge in [0, 0.05) is 44.3 Å². The Morgan fingerprint density at radius 1 is 1.22 bits per heavy atom. The van der Waals surface area contributed by atoms with Gasteiger partial charge in [-0.25, -0.2) is 4.52 Å². The van der Waals surface area contributed by atoms with Gasteiger partial charge in [0.05, 0.1) is 33.6 Å². The lowest BCUT2D eigenvalue weighted by Gasteiger charge is -2.31. The summed E-state index contributed by atoms with van der Waals surface area (Å²) in [5.74, 6) is -0.515. The van der Waals surface area contributed by atoms with Crippen LogP contribution in [0.25, 0.3) is 15.4 Å². The normalized spacial score (nSPS) is 15.4. The Kier molecular flexibility index (Phi) is 6.35. The monoisotopic (exact) mass is 506 g/mol. The van der Waals surface area contributed by atoms with Crippen molar-refractivity contribution >= 4 is 33.7 Å². The number of hydrogen-bond donors (Lipinski definition) is 2. The number of pyridine rings is 1. The van der Waals surface area contributed by atoms with Crippen molar-refractivity contribution in [1.82, 2.24) is 34.6 Å². The van der Waals surface area contributed by atoms with Gasteiger partial charge < -0.3 is 10.6 Å². The van der Waals surface area contributed by atoms with E-state index in [0.29, 0.717) is 29.1 Å². The number of aromatic nitrogens is 5. The third kappa shape index (κ3) is 4.76. The van der Waals surface area contributed by atoms with E-state index in [0.717, 1.165) is 28.5 Å². The quantitative estimate of drug-likeness (QED) is 0.398. The Labute approximate surface area is 213 Å². The first-order valence-electron chi connectivity index (χ1n) is 12.0. The summed E-state index contributed by atoms with van der Waals surface area (Å²) in [5.41, 5.74) is 2.98. The molecule has 1 saturated heterocycles. The number of aryl methyl sites for hydroxylation is 2. The van der Waals surface area contributed by atoms with Gasteiger partial charge in [0.2, 0.25) is 0 Å². The predicted molar refractivity (Wildman–Crippen MR) is 139 cm³/mol. The van der Waals surface area contributed by atoms with E-state index in [1.165, 1.54) is 30.4 Å². The Morgan fingerprint density at radius 3 is 2.78 bits per heavy atom. The summed E-state index contributed by atoms with van der Waals surface area (Å²) in [5, 5.41) is 14.6. The summed E-state index contributed by atoms with van der Waals surface area (Å²) in [6, 6.07) is 3.59. The van der Waals surface area contributed by atoms with Crippen molar-refractivity contribution in [3.63, 3.8) is 0 Å². The molecule has 10 nitrogen and oxygen atoms in total. The van der Waals surface area contributed by atoms with Crippen LogP contribution in [0.3, 0.4) is 0 Å². The number of carbonyl (C=O) groups is 2. The first-order chi connectivity index (χ1) is 17.2. The molecule has 2 amide bonds. The molecular formula is C25H30N8O2S. The van der Waals surface area contributed by atoms with Crippen molar-refractivity contribution in [2.75, 3.05) is 25.0 Å². The average Bonchev–Trinajstić information content (AvgIpc) is 3.59. The number of rotatable bonds is 7. The molecule has 5 heterocycles. The second-order valence-electron chi connectivity index (χ2n) is 9.75. The third-order valence-electron chi connectivity index (χ3n) is 6.74. The summed E-state index contributed by atoms with van der Waals surface area (Å²) in [6.45, 7) is 8.70. The molecule has 4 aromatic heterocycles. The zero-order chi connectivity index (χ0) is 25.4. The van der Waals surface area contributed by atoms with Crippen molar-refractivity contribution in [2.45, 2.75) is 39.2 Å². The molecule has 0 atom stereocenters. The highest BCUT2D eigenvalue weighted by atomic mass is 32.1. The number of fused-ring (bicyclic) bond motifs is 1. The maximum Gasteiger partial charge on any atom is 0.260 e. The Morgan fingerprint density at radius 2 is 2.06 bits per heavy atom. The van der Waals surface area contributed by atoms with Crippen LogP contribution in [0.1, 0.15) is 53.1 Å². The lowest BCUT2D eigenvalue weighted by Crippen LogP contribution is -2.43. The van der Waals surface area contributed by atoms with E-state index in [9.17, 15) is 9.59 Å². The molecule has 0 unspecified atom stereocenters. The van der Waals surface area contributed by atoms with E-state index < -0.39 is 0 Å². The number of nitrogens with one attached hydrogen (secondary N) is 2. The number of carbonyl (C=O) groups excluding carboxylic acids is 2. The van der Waals surface area contributed by atoms with Gasteiger partial charge >= 0.3 is 0 Å². The van der Waals surface area contributed by atoms with E-state index in [1.807, 2.05) is 25.5 Å². The molecule has 36 heavy (non-hydrogen) atoms. The molecule has 188 valence electrons. The van der Waals surface area contributed by atoms with Gasteiger partial charge in [-0.2, -0.15) is 10.2 Å². The van der Waals surface area contributed by atoms with Crippen molar-refractivity contribution < 1.29 is 9.59 Å². The van der Waals surface area contributed by atoms with E-state index in [-0.39, 0.29) is 17.4 Å². The molecule has 4 aromatic rings. The Hall–Kier alpha value is -3.57. The highest BCUT2D eigenvalue weighted by Crippen LogP contribution is 2.30. The van der Waals surface area contributed by atoms with Crippen LogP contribution in [0.2, 0.25) is 0 Å². The summed E-state index contributed by atoms with van der Waals surface area (Å²) < 4.78 is 3.41. The van der Waals surface area contributed by atoms with Crippen LogP contribution in [0, 0.1) is 6.92 Å². The minimum absolute atomic E-state index is 0.174. The predicted octanol–water partition coefficient (Wildman–Crippen LogP) is 3.36. The second-order valence-corrected chi connectivity index (χ2v) is 10.8. The molecule has 1 fully saturated rings. The number of amides is 2. The SMILES string of the molecule is Cc1ncc(C(=O)NCCN2CCCC2(C)C)cc1NC(=O)c1cnn2cc(-c3ccn(C)n3)sc12. The zero-order valence-corrected chi connectivity index (χ0v) is 21.7. The molecule has 0 spiro atoms. The van der Waals surface area contributed by atoms with Crippen LogP contribution in [-0.4, -0.2) is 66.3 Å². The highest BCUT2D eigenvalue weighted by molar-refractivity contribution is 7.21. The first-order valence-corrected chi connectivity index (χ1v) is 12.8. The first kappa shape index (κ1) is 24.1. The van der Waals surface area contributed by atoms with Gasteiger partial charge in [-0.1, -0.05) is 0 Å². The summed E-state index contributed by atoms with van der Waals surface area (Å²) in [7, 11) is 1.86.